The predicted molar refractivity (Wildman–Crippen MR) is 117 cm³/mol. The van der Waals surface area contributed by atoms with Gasteiger partial charge in [-0.05, 0) is 29.2 Å². The van der Waals surface area contributed by atoms with Crippen LogP contribution in [0.15, 0.2) is 34.6 Å². The number of nitrogens with zero attached hydrogens (tertiary/aromatic N) is 5. The summed E-state index contributed by atoms with van der Waals surface area (Å²) in [6.45, 7) is 4.52. The van der Waals surface area contributed by atoms with E-state index < -0.39 is 16.8 Å². The second-order valence-corrected chi connectivity index (χ2v) is 9.94. The first kappa shape index (κ1) is 21.6. The number of nitrogens with one attached hydrogen (secondary N) is 1. The predicted octanol–water partition coefficient (Wildman–Crippen LogP) is 2.27. The number of aromatic nitrogens is 3. The molecular weight excluding hydrogens is 408 g/mol. The van der Waals surface area contributed by atoms with Crippen LogP contribution in [0.1, 0.15) is 19.4 Å². The Morgan fingerprint density at radius 2 is 2.28 bits per heavy atom. The molecule has 1 aliphatic rings. The van der Waals surface area contributed by atoms with Crippen LogP contribution >= 0.6 is 11.8 Å². The highest BCUT2D eigenvalue weighted by Crippen LogP contribution is 2.33. The van der Waals surface area contributed by atoms with Crippen LogP contribution in [0.2, 0.25) is 0 Å². The lowest BCUT2D eigenvalue weighted by molar-refractivity contribution is 0.217. The number of fused-ring (bicyclic) bond motifs is 1. The van der Waals surface area contributed by atoms with Crippen molar-refractivity contribution in [2.45, 2.75) is 19.5 Å². The molecule has 2 aromatic heterocycles. The molecule has 2 aromatic rings. The van der Waals surface area contributed by atoms with Crippen molar-refractivity contribution in [2.75, 3.05) is 24.6 Å². The largest absolute Gasteiger partial charge is 0.616 e. The van der Waals surface area contributed by atoms with Crippen LogP contribution in [-0.4, -0.2) is 49.6 Å². The van der Waals surface area contributed by atoms with Gasteiger partial charge in [-0.1, -0.05) is 25.6 Å². The fraction of sp³-hybridized carbons (Fsp3) is 0.474. The number of aryl methyl sites for hydroxylation is 1. The van der Waals surface area contributed by atoms with E-state index in [4.69, 9.17) is 9.73 Å². The molecule has 1 N–H and O–H groups in total. The SMILES string of the molecule is COCC[S+]([O-])CSC1=CC(C(C)C)=NC(C#N)(c2cnc3nn(C)cc3c2)N1. The minimum Gasteiger partial charge on any atom is -0.616 e. The summed E-state index contributed by atoms with van der Waals surface area (Å²) in [7, 11) is 3.42. The van der Waals surface area contributed by atoms with Gasteiger partial charge in [0.15, 0.2) is 10.7 Å². The quantitative estimate of drug-likeness (QED) is 0.637. The van der Waals surface area contributed by atoms with Gasteiger partial charge in [0.05, 0.1) is 11.6 Å². The summed E-state index contributed by atoms with van der Waals surface area (Å²) in [6, 6.07) is 4.21. The zero-order chi connectivity index (χ0) is 21.0. The maximum absolute atomic E-state index is 12.2. The fourth-order valence-electron chi connectivity index (χ4n) is 2.83. The highest BCUT2D eigenvalue weighted by molar-refractivity contribution is 8.14. The van der Waals surface area contributed by atoms with Crippen molar-refractivity contribution in [2.24, 2.45) is 18.0 Å². The molecule has 8 nitrogen and oxygen atoms in total. The molecule has 2 atom stereocenters. The molecule has 0 radical (unpaired) electrons. The molecule has 29 heavy (non-hydrogen) atoms. The van der Waals surface area contributed by atoms with E-state index in [1.165, 1.54) is 11.8 Å². The van der Waals surface area contributed by atoms with Crippen molar-refractivity contribution < 1.29 is 9.29 Å². The molecule has 3 heterocycles. The van der Waals surface area contributed by atoms with Crippen LogP contribution in [0.3, 0.4) is 0 Å². The maximum atomic E-state index is 12.2. The van der Waals surface area contributed by atoms with Gasteiger partial charge < -0.3 is 14.6 Å². The van der Waals surface area contributed by atoms with Gasteiger partial charge in [0.1, 0.15) is 11.8 Å². The summed E-state index contributed by atoms with van der Waals surface area (Å²) < 4.78 is 18.8. The molecule has 0 spiro atoms. The lowest BCUT2D eigenvalue weighted by Gasteiger charge is -2.31. The van der Waals surface area contributed by atoms with Crippen molar-refractivity contribution in [3.63, 3.8) is 0 Å². The van der Waals surface area contributed by atoms with Crippen molar-refractivity contribution in [1.29, 1.82) is 5.26 Å². The minimum atomic E-state index is -1.29. The summed E-state index contributed by atoms with van der Waals surface area (Å²) in [4.78, 5) is 9.13. The average Bonchev–Trinajstić information content (AvgIpc) is 3.09. The fourth-order valence-corrected chi connectivity index (χ4v) is 5.11. The Morgan fingerprint density at radius 1 is 1.48 bits per heavy atom. The van der Waals surface area contributed by atoms with E-state index in [2.05, 4.69) is 21.5 Å². The molecule has 0 saturated heterocycles. The van der Waals surface area contributed by atoms with E-state index in [0.29, 0.717) is 28.7 Å². The number of allylic oxidation sites excluding steroid dienone is 1. The molecular formula is C19H24N6O2S2. The van der Waals surface area contributed by atoms with Crippen molar-refractivity contribution in [1.82, 2.24) is 20.1 Å². The van der Waals surface area contributed by atoms with Gasteiger partial charge in [0.25, 0.3) is 0 Å². The van der Waals surface area contributed by atoms with Gasteiger partial charge in [-0.25, -0.2) is 9.98 Å². The Kier molecular flexibility index (Phi) is 6.85. The van der Waals surface area contributed by atoms with Gasteiger partial charge in [0, 0.05) is 43.2 Å². The molecule has 0 aliphatic carbocycles. The van der Waals surface area contributed by atoms with E-state index in [9.17, 15) is 9.81 Å². The topological polar surface area (TPSA) is 111 Å². The lowest BCUT2D eigenvalue weighted by Crippen LogP contribution is -2.42. The zero-order valence-corrected chi connectivity index (χ0v) is 18.5. The molecule has 0 amide bonds. The molecule has 0 saturated carbocycles. The van der Waals surface area contributed by atoms with Crippen molar-refractivity contribution in [3.8, 4) is 6.07 Å². The smallest absolute Gasteiger partial charge is 0.246 e. The third-order valence-corrected chi connectivity index (χ3v) is 7.06. The Balaban J connectivity index is 1.91. The van der Waals surface area contributed by atoms with Crippen LogP contribution < -0.4 is 5.32 Å². The van der Waals surface area contributed by atoms with Gasteiger partial charge in [-0.3, -0.25) is 4.68 Å². The molecule has 0 bridgehead atoms. The van der Waals surface area contributed by atoms with Gasteiger partial charge >= 0.3 is 0 Å². The normalized spacial score (nSPS) is 20.2. The number of thioether (sulfide) groups is 1. The summed E-state index contributed by atoms with van der Waals surface area (Å²) in [5.74, 6) is 0.613. The Bertz CT molecular complexity index is 981. The van der Waals surface area contributed by atoms with Crippen molar-refractivity contribution in [3.05, 3.63) is 35.1 Å². The first-order chi connectivity index (χ1) is 13.9. The number of aliphatic imine (C=N–C) groups is 1. The molecule has 2 unspecified atom stereocenters. The summed E-state index contributed by atoms with van der Waals surface area (Å²) in [5.41, 5.74) is 0.779. The molecule has 154 valence electrons. The van der Waals surface area contributed by atoms with Gasteiger partial charge in [-0.2, -0.15) is 10.4 Å². The second-order valence-electron chi connectivity index (χ2n) is 6.99. The molecule has 0 aromatic carbocycles. The van der Waals surface area contributed by atoms with Gasteiger partial charge in [0.2, 0.25) is 5.66 Å². The Morgan fingerprint density at radius 3 is 2.97 bits per heavy atom. The Hall–Kier alpha value is -2.06. The summed E-state index contributed by atoms with van der Waals surface area (Å²) >= 11 is 0.403. The summed E-state index contributed by atoms with van der Waals surface area (Å²) in [6.07, 6.45) is 5.42. The van der Waals surface area contributed by atoms with E-state index in [1.54, 1.807) is 18.0 Å². The van der Waals surface area contributed by atoms with Crippen LogP contribution in [-0.2, 0) is 28.6 Å². The molecule has 0 fully saturated rings. The minimum absolute atomic E-state index is 0.134. The molecule has 1 aliphatic heterocycles. The van der Waals surface area contributed by atoms with Gasteiger partial charge in [-0.15, -0.1) is 0 Å². The maximum Gasteiger partial charge on any atom is 0.246 e. The van der Waals surface area contributed by atoms with E-state index >= 15 is 0 Å². The third kappa shape index (κ3) is 4.93. The number of methoxy groups -OCH3 is 1. The van der Waals surface area contributed by atoms with E-state index in [1.807, 2.05) is 39.2 Å². The van der Waals surface area contributed by atoms with Crippen LogP contribution in [0.25, 0.3) is 11.0 Å². The number of hydrogen-bond donors (Lipinski definition) is 1. The number of nitriles is 1. The lowest BCUT2D eigenvalue weighted by atomic mass is 9.98. The van der Waals surface area contributed by atoms with E-state index in [-0.39, 0.29) is 5.92 Å². The second kappa shape index (κ2) is 9.17. The number of pyridine rings is 1. The number of ether oxygens (including phenoxy) is 1. The van der Waals surface area contributed by atoms with Crippen molar-refractivity contribution >= 4 is 39.7 Å². The monoisotopic (exact) mass is 432 g/mol. The highest BCUT2D eigenvalue weighted by atomic mass is 32.3. The molecule has 10 heteroatoms. The average molecular weight is 433 g/mol. The third-order valence-electron chi connectivity index (χ3n) is 4.39. The standard InChI is InChI=1S/C19H24N6O2S2/c1-13(2)16-8-17(28-12-29(26)6-5-27-4)23-19(11-20,22-16)15-7-14-10-25(3)24-18(14)21-9-15/h7-10,13,23H,5-6,12H2,1-4H3. The molecule has 3 rings (SSSR count). The number of hydrogen-bond acceptors (Lipinski definition) is 8. The first-order valence-corrected chi connectivity index (χ1v) is 11.6. The zero-order valence-electron chi connectivity index (χ0n) is 16.9. The van der Waals surface area contributed by atoms with Crippen LogP contribution in [0.5, 0.6) is 0 Å². The Labute approximate surface area is 177 Å². The van der Waals surface area contributed by atoms with E-state index in [0.717, 1.165) is 16.1 Å². The number of rotatable bonds is 8. The van der Waals surface area contributed by atoms with Crippen LogP contribution in [0.4, 0.5) is 0 Å². The first-order valence-electron chi connectivity index (χ1n) is 9.14. The summed E-state index contributed by atoms with van der Waals surface area (Å²) in [5, 5.41) is 19.6. The van der Waals surface area contributed by atoms with Crippen LogP contribution in [0, 0.1) is 17.2 Å². The highest BCUT2D eigenvalue weighted by Gasteiger charge is 2.37.